The van der Waals surface area contributed by atoms with Gasteiger partial charge < -0.3 is 4.74 Å². The van der Waals surface area contributed by atoms with E-state index in [4.69, 9.17) is 4.74 Å². The van der Waals surface area contributed by atoms with Crippen molar-refractivity contribution in [2.75, 3.05) is 12.9 Å². The number of allylic oxidation sites excluding steroid dienone is 1. The van der Waals surface area contributed by atoms with Crippen LogP contribution in [0.15, 0.2) is 94.7 Å². The molecule has 0 saturated carbocycles. The van der Waals surface area contributed by atoms with Gasteiger partial charge in [-0.15, -0.1) is 10.2 Å². The maximum atomic E-state index is 12.6. The van der Waals surface area contributed by atoms with Crippen molar-refractivity contribution in [1.82, 2.24) is 20.2 Å². The van der Waals surface area contributed by atoms with E-state index in [1.807, 2.05) is 72.2 Å². The standard InChI is InChI=1S/C31H33N5O2S/c1-22(19-23-9-7-6-8-10-23)20-32-33-28(37)21-39-30-35-34-29(24-11-13-25(14-12-24)31(2,3)4)36(30)26-15-17-27(38-5)18-16-26/h6-20H,21H2,1-5H3,(H,33,37). The topological polar surface area (TPSA) is 81.4 Å². The highest BCUT2D eigenvalue weighted by Gasteiger charge is 2.19. The van der Waals surface area contributed by atoms with E-state index >= 15 is 0 Å². The highest BCUT2D eigenvalue weighted by Crippen LogP contribution is 2.30. The van der Waals surface area contributed by atoms with Gasteiger partial charge in [0, 0.05) is 11.3 Å². The van der Waals surface area contributed by atoms with Gasteiger partial charge in [-0.2, -0.15) is 5.10 Å². The van der Waals surface area contributed by atoms with E-state index < -0.39 is 0 Å². The largest absolute Gasteiger partial charge is 0.497 e. The van der Waals surface area contributed by atoms with Gasteiger partial charge in [-0.3, -0.25) is 9.36 Å². The molecule has 4 rings (SSSR count). The molecule has 0 radical (unpaired) electrons. The molecule has 0 unspecified atom stereocenters. The van der Waals surface area contributed by atoms with Crippen molar-refractivity contribution in [3.05, 3.63) is 95.6 Å². The Hall–Kier alpha value is -4.17. The molecule has 39 heavy (non-hydrogen) atoms. The number of carbonyl (C=O) groups excluding carboxylic acids is 1. The van der Waals surface area contributed by atoms with Gasteiger partial charge in [-0.1, -0.05) is 93.2 Å². The van der Waals surface area contributed by atoms with Gasteiger partial charge in [-0.25, -0.2) is 5.43 Å². The Labute approximate surface area is 234 Å². The molecular weight excluding hydrogens is 506 g/mol. The van der Waals surface area contributed by atoms with Gasteiger partial charge >= 0.3 is 0 Å². The fourth-order valence-electron chi connectivity index (χ4n) is 3.85. The third-order valence-corrected chi connectivity index (χ3v) is 6.89. The summed E-state index contributed by atoms with van der Waals surface area (Å²) in [5, 5.41) is 13.6. The Morgan fingerprint density at radius 2 is 1.69 bits per heavy atom. The van der Waals surface area contributed by atoms with Gasteiger partial charge in [0.2, 0.25) is 0 Å². The maximum absolute atomic E-state index is 12.6. The average Bonchev–Trinajstić information content (AvgIpc) is 3.36. The lowest BCUT2D eigenvalue weighted by atomic mass is 9.87. The van der Waals surface area contributed by atoms with Crippen LogP contribution in [0.2, 0.25) is 0 Å². The SMILES string of the molecule is COc1ccc(-n2c(SCC(=O)NN=CC(C)=Cc3ccccc3)nnc2-c2ccc(C(C)(C)C)cc2)cc1. The number of nitrogens with one attached hydrogen (secondary N) is 1. The highest BCUT2D eigenvalue weighted by molar-refractivity contribution is 7.99. The maximum Gasteiger partial charge on any atom is 0.250 e. The molecule has 0 fully saturated rings. The molecule has 200 valence electrons. The molecule has 8 heteroatoms. The number of ether oxygens (including phenoxy) is 1. The van der Waals surface area contributed by atoms with Gasteiger partial charge in [0.15, 0.2) is 11.0 Å². The van der Waals surface area contributed by atoms with E-state index in [0.717, 1.165) is 28.1 Å². The molecule has 4 aromatic rings. The number of methoxy groups -OCH3 is 1. The van der Waals surface area contributed by atoms with Crippen LogP contribution in [0.4, 0.5) is 0 Å². The highest BCUT2D eigenvalue weighted by atomic mass is 32.2. The summed E-state index contributed by atoms with van der Waals surface area (Å²) in [6.07, 6.45) is 3.63. The second-order valence-corrected chi connectivity index (χ2v) is 11.0. The number of aromatic nitrogens is 3. The lowest BCUT2D eigenvalue weighted by Crippen LogP contribution is -2.20. The second-order valence-electron chi connectivity index (χ2n) is 10.0. The number of nitrogens with zero attached hydrogens (tertiary/aromatic N) is 4. The number of hydrogen-bond donors (Lipinski definition) is 1. The Bertz CT molecular complexity index is 1450. The van der Waals surface area contributed by atoms with E-state index in [0.29, 0.717) is 11.0 Å². The number of thioether (sulfide) groups is 1. The Morgan fingerprint density at radius 3 is 2.33 bits per heavy atom. The molecule has 3 aromatic carbocycles. The fraction of sp³-hybridized carbons (Fsp3) is 0.226. The molecule has 0 saturated heterocycles. The van der Waals surface area contributed by atoms with Crippen molar-refractivity contribution in [2.24, 2.45) is 5.10 Å². The van der Waals surface area contributed by atoms with E-state index in [-0.39, 0.29) is 17.1 Å². The average molecular weight is 540 g/mol. The fourth-order valence-corrected chi connectivity index (χ4v) is 4.60. The van der Waals surface area contributed by atoms with Crippen LogP contribution in [0.5, 0.6) is 5.75 Å². The van der Waals surface area contributed by atoms with Crippen molar-refractivity contribution >= 4 is 30.0 Å². The molecule has 1 amide bonds. The molecule has 0 aliphatic rings. The van der Waals surface area contributed by atoms with Crippen molar-refractivity contribution in [3.63, 3.8) is 0 Å². The first-order chi connectivity index (χ1) is 18.7. The van der Waals surface area contributed by atoms with Crippen molar-refractivity contribution in [3.8, 4) is 22.8 Å². The normalized spacial score (nSPS) is 12.1. The van der Waals surface area contributed by atoms with Crippen LogP contribution in [-0.2, 0) is 10.2 Å². The molecule has 7 nitrogen and oxygen atoms in total. The second kappa shape index (κ2) is 12.6. The lowest BCUT2D eigenvalue weighted by molar-refractivity contribution is -0.118. The number of rotatable bonds is 9. The summed E-state index contributed by atoms with van der Waals surface area (Å²) in [4.78, 5) is 12.6. The first-order valence-electron chi connectivity index (χ1n) is 12.6. The first kappa shape index (κ1) is 27.9. The predicted octanol–water partition coefficient (Wildman–Crippen LogP) is 6.54. The van der Waals surface area contributed by atoms with E-state index in [1.54, 1.807) is 13.3 Å². The summed E-state index contributed by atoms with van der Waals surface area (Å²) < 4.78 is 7.28. The van der Waals surface area contributed by atoms with Crippen molar-refractivity contribution in [2.45, 2.75) is 38.3 Å². The summed E-state index contributed by atoms with van der Waals surface area (Å²) in [5.74, 6) is 1.36. The molecular formula is C31H33N5O2S. The van der Waals surface area contributed by atoms with Gasteiger partial charge in [0.25, 0.3) is 5.91 Å². The molecule has 0 aliphatic carbocycles. The number of hydrogen-bond acceptors (Lipinski definition) is 6. The van der Waals surface area contributed by atoms with Gasteiger partial charge in [0.05, 0.1) is 19.1 Å². The molecule has 0 spiro atoms. The monoisotopic (exact) mass is 539 g/mol. The van der Waals surface area contributed by atoms with Gasteiger partial charge in [0.1, 0.15) is 5.75 Å². The minimum absolute atomic E-state index is 0.0505. The van der Waals surface area contributed by atoms with E-state index in [1.165, 1.54) is 17.3 Å². The van der Waals surface area contributed by atoms with Crippen molar-refractivity contribution in [1.29, 1.82) is 0 Å². The first-order valence-corrected chi connectivity index (χ1v) is 13.6. The molecule has 1 heterocycles. The van der Waals surface area contributed by atoms with E-state index in [9.17, 15) is 4.79 Å². The Kier molecular flexibility index (Phi) is 8.99. The number of amides is 1. The molecule has 0 aliphatic heterocycles. The summed E-state index contributed by atoms with van der Waals surface area (Å²) in [5.41, 5.74) is 7.70. The molecule has 0 bridgehead atoms. The molecule has 0 atom stereocenters. The number of carbonyl (C=O) groups is 1. The predicted molar refractivity (Wildman–Crippen MR) is 159 cm³/mol. The van der Waals surface area contributed by atoms with Crippen LogP contribution in [0.25, 0.3) is 23.2 Å². The Morgan fingerprint density at radius 1 is 1.00 bits per heavy atom. The van der Waals surface area contributed by atoms with Crippen LogP contribution in [0.1, 0.15) is 38.8 Å². The molecule has 1 aromatic heterocycles. The Balaban J connectivity index is 1.51. The smallest absolute Gasteiger partial charge is 0.250 e. The third kappa shape index (κ3) is 7.45. The van der Waals surface area contributed by atoms with Crippen LogP contribution in [0.3, 0.4) is 0 Å². The zero-order valence-corrected chi connectivity index (χ0v) is 23.7. The zero-order chi connectivity index (χ0) is 27.8. The van der Waals surface area contributed by atoms with Crippen LogP contribution in [-0.4, -0.2) is 39.7 Å². The minimum Gasteiger partial charge on any atom is -0.497 e. The summed E-state index contributed by atoms with van der Waals surface area (Å²) in [7, 11) is 1.64. The summed E-state index contributed by atoms with van der Waals surface area (Å²) >= 11 is 1.30. The van der Waals surface area contributed by atoms with Crippen LogP contribution < -0.4 is 10.2 Å². The van der Waals surface area contributed by atoms with Crippen LogP contribution >= 0.6 is 11.8 Å². The lowest BCUT2D eigenvalue weighted by Gasteiger charge is -2.19. The van der Waals surface area contributed by atoms with Crippen molar-refractivity contribution < 1.29 is 9.53 Å². The minimum atomic E-state index is -0.232. The quantitative estimate of drug-likeness (QED) is 0.148. The van der Waals surface area contributed by atoms with Crippen LogP contribution in [0, 0.1) is 0 Å². The third-order valence-electron chi connectivity index (χ3n) is 5.96. The number of benzene rings is 3. The zero-order valence-electron chi connectivity index (χ0n) is 22.9. The summed E-state index contributed by atoms with van der Waals surface area (Å²) in [6, 6.07) is 26.0. The van der Waals surface area contributed by atoms with E-state index in [2.05, 4.69) is 65.8 Å². The number of hydrazone groups is 1. The summed E-state index contributed by atoms with van der Waals surface area (Å²) in [6.45, 7) is 8.50. The van der Waals surface area contributed by atoms with Gasteiger partial charge in [-0.05, 0) is 53.3 Å². The molecule has 1 N–H and O–H groups in total.